The van der Waals surface area contributed by atoms with Crippen LogP contribution in [0.2, 0.25) is 0 Å². The molecule has 1 heterocycles. The SMILES string of the molecule is CC(C)(C)n1nnc2c(S(=O)(=O)O)cccc21. The molecular weight excluding hydrogens is 242 g/mol. The number of aromatic nitrogens is 3. The van der Waals surface area contributed by atoms with Crippen molar-refractivity contribution in [1.82, 2.24) is 15.0 Å². The summed E-state index contributed by atoms with van der Waals surface area (Å²) in [6.45, 7) is 5.80. The van der Waals surface area contributed by atoms with Crippen LogP contribution in [0.1, 0.15) is 20.8 Å². The van der Waals surface area contributed by atoms with E-state index in [1.807, 2.05) is 20.8 Å². The van der Waals surface area contributed by atoms with Crippen LogP contribution in [0, 0.1) is 0 Å². The molecule has 0 aliphatic heterocycles. The zero-order valence-corrected chi connectivity index (χ0v) is 10.6. The molecule has 0 fully saturated rings. The minimum atomic E-state index is -4.28. The molecule has 0 saturated heterocycles. The maximum atomic E-state index is 11.2. The predicted molar refractivity (Wildman–Crippen MR) is 62.3 cm³/mol. The molecule has 92 valence electrons. The lowest BCUT2D eigenvalue weighted by Gasteiger charge is -2.19. The Kier molecular flexibility index (Phi) is 2.48. The van der Waals surface area contributed by atoms with Crippen LogP contribution in [-0.4, -0.2) is 28.0 Å². The first-order chi connectivity index (χ1) is 7.71. The number of rotatable bonds is 1. The maximum absolute atomic E-state index is 11.2. The molecular formula is C10H13N3O3S. The highest BCUT2D eigenvalue weighted by Gasteiger charge is 2.22. The third kappa shape index (κ3) is 2.03. The van der Waals surface area contributed by atoms with E-state index in [2.05, 4.69) is 10.3 Å². The van der Waals surface area contributed by atoms with Gasteiger partial charge in [0.25, 0.3) is 10.1 Å². The molecule has 6 nitrogen and oxygen atoms in total. The second kappa shape index (κ2) is 3.51. The number of hydrogen-bond donors (Lipinski definition) is 1. The van der Waals surface area contributed by atoms with Crippen molar-refractivity contribution in [1.29, 1.82) is 0 Å². The largest absolute Gasteiger partial charge is 0.296 e. The Morgan fingerprint density at radius 3 is 2.47 bits per heavy atom. The normalized spacial score (nSPS) is 13.2. The minimum Gasteiger partial charge on any atom is -0.282 e. The third-order valence-electron chi connectivity index (χ3n) is 2.35. The van der Waals surface area contributed by atoms with Crippen LogP contribution in [0.25, 0.3) is 11.0 Å². The van der Waals surface area contributed by atoms with Gasteiger partial charge in [0.2, 0.25) is 0 Å². The van der Waals surface area contributed by atoms with Gasteiger partial charge in [-0.3, -0.25) is 4.55 Å². The second-order valence-electron chi connectivity index (χ2n) is 4.77. The number of hydrogen-bond acceptors (Lipinski definition) is 4. The summed E-state index contributed by atoms with van der Waals surface area (Å²) < 4.78 is 33.1. The zero-order chi connectivity index (χ0) is 12.8. The van der Waals surface area contributed by atoms with E-state index in [1.54, 1.807) is 16.8 Å². The van der Waals surface area contributed by atoms with E-state index in [9.17, 15) is 8.42 Å². The van der Waals surface area contributed by atoms with Gasteiger partial charge in [-0.25, -0.2) is 4.68 Å². The second-order valence-corrected chi connectivity index (χ2v) is 6.16. The highest BCUT2D eigenvalue weighted by molar-refractivity contribution is 7.86. The highest BCUT2D eigenvalue weighted by Crippen LogP contribution is 2.24. The van der Waals surface area contributed by atoms with Crippen molar-refractivity contribution in [2.45, 2.75) is 31.2 Å². The van der Waals surface area contributed by atoms with Gasteiger partial charge in [0.05, 0.1) is 11.1 Å². The molecule has 2 rings (SSSR count). The molecule has 0 aliphatic carbocycles. The molecule has 0 atom stereocenters. The van der Waals surface area contributed by atoms with Crippen molar-refractivity contribution >= 4 is 21.2 Å². The summed E-state index contributed by atoms with van der Waals surface area (Å²) in [5, 5.41) is 7.76. The van der Waals surface area contributed by atoms with Crippen LogP contribution >= 0.6 is 0 Å². The van der Waals surface area contributed by atoms with Gasteiger partial charge in [0.1, 0.15) is 10.4 Å². The average Bonchev–Trinajstić information content (AvgIpc) is 2.57. The molecule has 2 aromatic rings. The first kappa shape index (κ1) is 12.0. The van der Waals surface area contributed by atoms with Crippen molar-refractivity contribution in [2.75, 3.05) is 0 Å². The van der Waals surface area contributed by atoms with Gasteiger partial charge < -0.3 is 0 Å². The van der Waals surface area contributed by atoms with Gasteiger partial charge >= 0.3 is 0 Å². The molecule has 0 spiro atoms. The molecule has 17 heavy (non-hydrogen) atoms. The smallest absolute Gasteiger partial charge is 0.282 e. The van der Waals surface area contributed by atoms with E-state index in [1.165, 1.54) is 6.07 Å². The lowest BCUT2D eigenvalue weighted by atomic mass is 10.1. The molecule has 0 unspecified atom stereocenters. The van der Waals surface area contributed by atoms with Crippen molar-refractivity contribution in [3.63, 3.8) is 0 Å². The number of fused-ring (bicyclic) bond motifs is 1. The summed E-state index contributed by atoms with van der Waals surface area (Å²) in [5.41, 5.74) is 0.449. The summed E-state index contributed by atoms with van der Waals surface area (Å²) in [4.78, 5) is -0.217. The van der Waals surface area contributed by atoms with Crippen LogP contribution in [0.4, 0.5) is 0 Å². The average molecular weight is 255 g/mol. The molecule has 1 N–H and O–H groups in total. The Morgan fingerprint density at radius 2 is 1.94 bits per heavy atom. The van der Waals surface area contributed by atoms with Gasteiger partial charge in [0, 0.05) is 0 Å². The molecule has 0 saturated carbocycles. The van der Waals surface area contributed by atoms with Crippen LogP contribution in [0.15, 0.2) is 23.1 Å². The quantitative estimate of drug-likeness (QED) is 0.779. The Labute approximate surface area is 99.0 Å². The number of benzene rings is 1. The third-order valence-corrected chi connectivity index (χ3v) is 3.24. The summed E-state index contributed by atoms with van der Waals surface area (Å²) in [6, 6.07) is 4.58. The van der Waals surface area contributed by atoms with Gasteiger partial charge in [-0.1, -0.05) is 11.3 Å². The lowest BCUT2D eigenvalue weighted by Crippen LogP contribution is -2.23. The summed E-state index contributed by atoms with van der Waals surface area (Å²) in [7, 11) is -4.28. The first-order valence-electron chi connectivity index (χ1n) is 5.03. The van der Waals surface area contributed by atoms with Gasteiger partial charge in [0.15, 0.2) is 0 Å². The van der Waals surface area contributed by atoms with E-state index in [0.717, 1.165) is 0 Å². The monoisotopic (exact) mass is 255 g/mol. The summed E-state index contributed by atoms with van der Waals surface area (Å²) in [6.07, 6.45) is 0. The van der Waals surface area contributed by atoms with Crippen molar-refractivity contribution in [3.8, 4) is 0 Å². The van der Waals surface area contributed by atoms with Gasteiger partial charge in [-0.15, -0.1) is 5.10 Å². The Morgan fingerprint density at radius 1 is 1.29 bits per heavy atom. The van der Waals surface area contributed by atoms with Crippen LogP contribution < -0.4 is 0 Å². The topological polar surface area (TPSA) is 85.1 Å². The molecule has 1 aromatic carbocycles. The standard InChI is InChI=1S/C10H13N3O3S/c1-10(2,3)13-7-5-4-6-8(17(14,15)16)9(7)11-12-13/h4-6H,1-3H3,(H,14,15,16). The van der Waals surface area contributed by atoms with E-state index < -0.39 is 10.1 Å². The van der Waals surface area contributed by atoms with E-state index in [4.69, 9.17) is 4.55 Å². The molecule has 7 heteroatoms. The summed E-state index contributed by atoms with van der Waals surface area (Å²) in [5.74, 6) is 0. The maximum Gasteiger partial charge on any atom is 0.296 e. The fourth-order valence-corrected chi connectivity index (χ4v) is 2.26. The molecule has 0 radical (unpaired) electrons. The Bertz CT molecular complexity index is 668. The van der Waals surface area contributed by atoms with Gasteiger partial charge in [-0.05, 0) is 32.9 Å². The fourth-order valence-electron chi connectivity index (χ4n) is 1.62. The van der Waals surface area contributed by atoms with Crippen molar-refractivity contribution < 1.29 is 13.0 Å². The van der Waals surface area contributed by atoms with Crippen LogP contribution in [0.3, 0.4) is 0 Å². The zero-order valence-electron chi connectivity index (χ0n) is 9.75. The minimum absolute atomic E-state index is 0.185. The van der Waals surface area contributed by atoms with E-state index >= 15 is 0 Å². The number of nitrogens with zero attached hydrogens (tertiary/aromatic N) is 3. The van der Waals surface area contributed by atoms with Crippen LogP contribution in [-0.2, 0) is 15.7 Å². The Hall–Kier alpha value is -1.47. The van der Waals surface area contributed by atoms with E-state index in [-0.39, 0.29) is 16.0 Å². The van der Waals surface area contributed by atoms with Crippen molar-refractivity contribution in [3.05, 3.63) is 18.2 Å². The predicted octanol–water partition coefficient (Wildman–Crippen LogP) is 1.43. The van der Waals surface area contributed by atoms with Crippen molar-refractivity contribution in [2.24, 2.45) is 0 Å². The van der Waals surface area contributed by atoms with Crippen LogP contribution in [0.5, 0.6) is 0 Å². The Balaban J connectivity index is 2.83. The molecule has 0 aliphatic rings. The summed E-state index contributed by atoms with van der Waals surface area (Å²) >= 11 is 0. The molecule has 0 bridgehead atoms. The van der Waals surface area contributed by atoms with Gasteiger partial charge in [-0.2, -0.15) is 8.42 Å². The fraction of sp³-hybridized carbons (Fsp3) is 0.400. The van der Waals surface area contributed by atoms with E-state index in [0.29, 0.717) is 5.52 Å². The highest BCUT2D eigenvalue weighted by atomic mass is 32.2. The molecule has 1 aromatic heterocycles. The first-order valence-corrected chi connectivity index (χ1v) is 6.47. The molecule has 0 amide bonds. The lowest BCUT2D eigenvalue weighted by molar-refractivity contribution is 0.358.